The number of aromatic nitrogens is 3. The Labute approximate surface area is 195 Å². The Morgan fingerprint density at radius 3 is 2.41 bits per heavy atom. The molecule has 0 radical (unpaired) electrons. The van der Waals surface area contributed by atoms with E-state index in [2.05, 4.69) is 15.0 Å². The second-order valence-corrected chi connectivity index (χ2v) is 8.74. The number of piperazine rings is 1. The predicted molar refractivity (Wildman–Crippen MR) is 119 cm³/mol. The first-order chi connectivity index (χ1) is 16.3. The molecule has 1 amide bonds. The van der Waals surface area contributed by atoms with Crippen LogP contribution in [0.3, 0.4) is 0 Å². The number of H-pyrrole nitrogens is 1. The van der Waals surface area contributed by atoms with Gasteiger partial charge in [-0.15, -0.1) is 0 Å². The number of ether oxygens (including phenoxy) is 1. The third-order valence-electron chi connectivity index (χ3n) is 6.44. The quantitative estimate of drug-likeness (QED) is 0.703. The fourth-order valence-corrected chi connectivity index (χ4v) is 4.46. The van der Waals surface area contributed by atoms with Crippen LogP contribution < -0.4 is 10.5 Å². The largest absolute Gasteiger partial charge is 0.449 e. The first-order valence-electron chi connectivity index (χ1n) is 11.6. The number of rotatable bonds is 5. The van der Waals surface area contributed by atoms with Crippen LogP contribution in [-0.2, 0) is 17.3 Å². The molecule has 184 valence electrons. The van der Waals surface area contributed by atoms with Crippen LogP contribution >= 0.6 is 0 Å². The molecular formula is C23H28F3N5O3. The van der Waals surface area contributed by atoms with Crippen LogP contribution in [0.2, 0.25) is 0 Å². The van der Waals surface area contributed by atoms with Gasteiger partial charge in [-0.3, -0.25) is 4.79 Å². The maximum atomic E-state index is 12.9. The number of carbonyl (C=O) groups excluding carboxylic acids is 1. The molecule has 34 heavy (non-hydrogen) atoms. The first-order valence-corrected chi connectivity index (χ1v) is 11.6. The van der Waals surface area contributed by atoms with Gasteiger partial charge in [0.1, 0.15) is 5.56 Å². The number of hydrogen-bond acceptors (Lipinski definition) is 6. The summed E-state index contributed by atoms with van der Waals surface area (Å²) in [4.78, 5) is 38.4. The van der Waals surface area contributed by atoms with Crippen molar-refractivity contribution in [3.8, 4) is 0 Å². The molecular weight excluding hydrogens is 451 g/mol. The van der Waals surface area contributed by atoms with Crippen molar-refractivity contribution in [2.75, 3.05) is 37.7 Å². The normalized spacial score (nSPS) is 17.6. The van der Waals surface area contributed by atoms with E-state index in [4.69, 9.17) is 4.74 Å². The number of amides is 1. The average Bonchev–Trinajstić information content (AvgIpc) is 2.85. The Balaban J connectivity index is 1.23. The second-order valence-electron chi connectivity index (χ2n) is 8.74. The fourth-order valence-electron chi connectivity index (χ4n) is 4.46. The molecule has 0 bridgehead atoms. The lowest BCUT2D eigenvalue weighted by atomic mass is 9.85. The van der Waals surface area contributed by atoms with Crippen molar-refractivity contribution in [2.45, 2.75) is 50.6 Å². The van der Waals surface area contributed by atoms with Crippen LogP contribution in [0.25, 0.3) is 0 Å². The van der Waals surface area contributed by atoms with Gasteiger partial charge >= 0.3 is 12.3 Å². The number of aromatic amines is 1. The van der Waals surface area contributed by atoms with Crippen LogP contribution in [0.1, 0.15) is 54.7 Å². The molecule has 8 nitrogen and oxygen atoms in total. The highest BCUT2D eigenvalue weighted by molar-refractivity contribution is 5.68. The lowest BCUT2D eigenvalue weighted by Gasteiger charge is -2.34. The Morgan fingerprint density at radius 2 is 1.76 bits per heavy atom. The molecule has 1 saturated carbocycles. The molecule has 11 heteroatoms. The predicted octanol–water partition coefficient (Wildman–Crippen LogP) is 3.73. The van der Waals surface area contributed by atoms with Gasteiger partial charge in [0.15, 0.2) is 0 Å². The molecule has 2 fully saturated rings. The SMILES string of the molecule is O=C(OCCc1c[nH]c(=O)c(C(F)(F)F)c1)N1CCN(c2ncc(C3CCCCC3)cn2)CC1. The van der Waals surface area contributed by atoms with Gasteiger partial charge in [-0.1, -0.05) is 19.3 Å². The maximum Gasteiger partial charge on any atom is 0.421 e. The molecule has 0 unspecified atom stereocenters. The zero-order valence-electron chi connectivity index (χ0n) is 18.8. The minimum atomic E-state index is -4.74. The van der Waals surface area contributed by atoms with Crippen LogP contribution in [0, 0.1) is 0 Å². The third kappa shape index (κ3) is 5.87. The van der Waals surface area contributed by atoms with Crippen molar-refractivity contribution in [3.05, 3.63) is 51.7 Å². The summed E-state index contributed by atoms with van der Waals surface area (Å²) >= 11 is 0. The highest BCUT2D eigenvalue weighted by Crippen LogP contribution is 2.32. The molecule has 2 aliphatic rings. The van der Waals surface area contributed by atoms with E-state index in [1.165, 1.54) is 43.9 Å². The lowest BCUT2D eigenvalue weighted by Crippen LogP contribution is -2.49. The van der Waals surface area contributed by atoms with E-state index in [0.29, 0.717) is 38.0 Å². The first kappa shape index (κ1) is 24.0. The zero-order chi connectivity index (χ0) is 24.1. The number of hydrogen-bond donors (Lipinski definition) is 1. The summed E-state index contributed by atoms with van der Waals surface area (Å²) in [5.41, 5.74) is -1.03. The van der Waals surface area contributed by atoms with Gasteiger partial charge in [-0.05, 0) is 36.0 Å². The van der Waals surface area contributed by atoms with Crippen LogP contribution in [0.4, 0.5) is 23.9 Å². The molecule has 0 aromatic carbocycles. The van der Waals surface area contributed by atoms with E-state index in [0.717, 1.165) is 6.07 Å². The topological polar surface area (TPSA) is 91.4 Å². The molecule has 0 spiro atoms. The van der Waals surface area contributed by atoms with E-state index in [9.17, 15) is 22.8 Å². The summed E-state index contributed by atoms with van der Waals surface area (Å²) in [6.07, 6.45) is 6.02. The van der Waals surface area contributed by atoms with Crippen LogP contribution in [0.15, 0.2) is 29.5 Å². The Morgan fingerprint density at radius 1 is 1.09 bits per heavy atom. The zero-order valence-corrected chi connectivity index (χ0v) is 18.8. The number of nitrogens with zero attached hydrogens (tertiary/aromatic N) is 4. The summed E-state index contributed by atoms with van der Waals surface area (Å²) in [7, 11) is 0. The molecule has 0 atom stereocenters. The Hall–Kier alpha value is -3.11. The van der Waals surface area contributed by atoms with Crippen molar-refractivity contribution in [3.63, 3.8) is 0 Å². The van der Waals surface area contributed by atoms with Crippen molar-refractivity contribution in [1.29, 1.82) is 0 Å². The standard InChI is InChI=1S/C23H28F3N5O3/c24-23(25,26)19-12-16(13-27-20(19)32)6-11-34-22(33)31-9-7-30(8-10-31)21-28-14-18(15-29-21)17-4-2-1-3-5-17/h12-15,17H,1-11H2,(H,27,32). The number of alkyl halides is 3. The highest BCUT2D eigenvalue weighted by atomic mass is 19.4. The minimum Gasteiger partial charge on any atom is -0.449 e. The number of anilines is 1. The van der Waals surface area contributed by atoms with Gasteiger partial charge in [0.05, 0.1) is 6.61 Å². The second kappa shape index (κ2) is 10.4. The van der Waals surface area contributed by atoms with E-state index in [1.807, 2.05) is 17.3 Å². The van der Waals surface area contributed by atoms with E-state index < -0.39 is 23.4 Å². The Bertz CT molecular complexity index is 1030. The monoisotopic (exact) mass is 479 g/mol. The Kier molecular flexibility index (Phi) is 7.38. The number of halogens is 3. The van der Waals surface area contributed by atoms with Crippen LogP contribution in [-0.4, -0.2) is 58.7 Å². The molecule has 3 heterocycles. The summed E-state index contributed by atoms with van der Waals surface area (Å²) in [6.45, 7) is 1.90. The molecule has 4 rings (SSSR count). The summed E-state index contributed by atoms with van der Waals surface area (Å²) in [5, 5.41) is 0. The fraction of sp³-hybridized carbons (Fsp3) is 0.565. The van der Waals surface area contributed by atoms with Gasteiger partial charge in [-0.25, -0.2) is 14.8 Å². The highest BCUT2D eigenvalue weighted by Gasteiger charge is 2.34. The lowest BCUT2D eigenvalue weighted by molar-refractivity contribution is -0.138. The van der Waals surface area contributed by atoms with Crippen molar-refractivity contribution < 1.29 is 22.7 Å². The average molecular weight is 480 g/mol. The van der Waals surface area contributed by atoms with Crippen LogP contribution in [0.5, 0.6) is 0 Å². The van der Waals surface area contributed by atoms with E-state index in [-0.39, 0.29) is 18.6 Å². The van der Waals surface area contributed by atoms with Gasteiger partial charge in [-0.2, -0.15) is 13.2 Å². The minimum absolute atomic E-state index is 0.0622. The molecule has 2 aromatic rings. The number of nitrogens with one attached hydrogen (secondary N) is 1. The smallest absolute Gasteiger partial charge is 0.421 e. The molecule has 1 saturated heterocycles. The summed E-state index contributed by atoms with van der Waals surface area (Å²) in [5.74, 6) is 1.19. The van der Waals surface area contributed by atoms with Gasteiger partial charge < -0.3 is 19.5 Å². The number of carbonyl (C=O) groups is 1. The summed E-state index contributed by atoms with van der Waals surface area (Å²) in [6, 6.07) is 0.783. The third-order valence-corrected chi connectivity index (χ3v) is 6.44. The van der Waals surface area contributed by atoms with Crippen molar-refractivity contribution in [2.24, 2.45) is 0 Å². The number of pyridine rings is 1. The molecule has 1 N–H and O–H groups in total. The molecule has 1 aliphatic heterocycles. The molecule has 1 aliphatic carbocycles. The van der Waals surface area contributed by atoms with E-state index >= 15 is 0 Å². The van der Waals surface area contributed by atoms with Crippen molar-refractivity contribution >= 4 is 12.0 Å². The van der Waals surface area contributed by atoms with E-state index in [1.54, 1.807) is 4.90 Å². The van der Waals surface area contributed by atoms with Gasteiger partial charge in [0.25, 0.3) is 5.56 Å². The van der Waals surface area contributed by atoms with Gasteiger partial charge in [0, 0.05) is 51.2 Å². The molecule has 2 aromatic heterocycles. The van der Waals surface area contributed by atoms with Crippen molar-refractivity contribution in [1.82, 2.24) is 19.9 Å². The maximum absolute atomic E-state index is 12.9. The van der Waals surface area contributed by atoms with Gasteiger partial charge in [0.2, 0.25) is 5.95 Å². The summed E-state index contributed by atoms with van der Waals surface area (Å²) < 4.78 is 43.8.